The van der Waals surface area contributed by atoms with E-state index < -0.39 is 0 Å². The molecule has 23 heavy (non-hydrogen) atoms. The maximum Gasteiger partial charge on any atom is 0.190 e. The van der Waals surface area contributed by atoms with Gasteiger partial charge in [0.25, 0.3) is 0 Å². The minimum atomic E-state index is -0.0248. The van der Waals surface area contributed by atoms with E-state index >= 15 is 0 Å². The molecule has 120 valence electrons. The average molecular weight is 329 g/mol. The predicted octanol–water partition coefficient (Wildman–Crippen LogP) is 3.50. The van der Waals surface area contributed by atoms with E-state index in [1.54, 1.807) is 36.6 Å². The fourth-order valence-electron chi connectivity index (χ4n) is 2.27. The normalized spacial score (nSPS) is 11.2. The maximum atomic E-state index is 12.3. The number of methoxy groups -OCH3 is 1. The summed E-state index contributed by atoms with van der Waals surface area (Å²) in [5.74, 6) is 0.712. The third-order valence-corrected chi connectivity index (χ3v) is 4.81. The second-order valence-corrected chi connectivity index (χ2v) is 6.52. The molecule has 1 aromatic carbocycles. The van der Waals surface area contributed by atoms with Gasteiger partial charge in [0, 0.05) is 36.0 Å². The monoisotopic (exact) mass is 329 g/mol. The Bertz CT molecular complexity index is 898. The van der Waals surface area contributed by atoms with Crippen LogP contribution in [0.1, 0.15) is 13.8 Å². The Kier molecular flexibility index (Phi) is 4.09. The second kappa shape index (κ2) is 6.04. The molecule has 3 aromatic rings. The highest BCUT2D eigenvalue weighted by atomic mass is 32.1. The standard InChI is InChI=1S/C17H19N3O2S/c1-10(2)20(3)17-19-15(9-23-17)14-8-16(21)12-6-5-11(22-4)7-13(12)18-14/h5-10H,1-4H3,(H,18,21). The molecule has 0 aliphatic heterocycles. The summed E-state index contributed by atoms with van der Waals surface area (Å²) in [5, 5.41) is 3.54. The molecule has 0 aliphatic carbocycles. The van der Waals surface area contributed by atoms with E-state index in [1.807, 2.05) is 18.5 Å². The molecule has 0 saturated carbocycles. The van der Waals surface area contributed by atoms with Gasteiger partial charge in [0.1, 0.15) is 5.75 Å². The molecule has 3 rings (SSSR count). The van der Waals surface area contributed by atoms with Crippen molar-refractivity contribution in [3.63, 3.8) is 0 Å². The summed E-state index contributed by atoms with van der Waals surface area (Å²) in [6.45, 7) is 4.23. The quantitative estimate of drug-likeness (QED) is 0.796. The number of aromatic amines is 1. The van der Waals surface area contributed by atoms with Gasteiger partial charge in [0.15, 0.2) is 10.6 Å². The van der Waals surface area contributed by atoms with Crippen molar-refractivity contribution >= 4 is 27.4 Å². The number of hydrogen-bond acceptors (Lipinski definition) is 5. The van der Waals surface area contributed by atoms with Crippen molar-refractivity contribution in [1.29, 1.82) is 0 Å². The fourth-order valence-corrected chi connectivity index (χ4v) is 3.19. The number of ether oxygens (including phenoxy) is 1. The number of hydrogen-bond donors (Lipinski definition) is 1. The fraction of sp³-hybridized carbons (Fsp3) is 0.294. The number of benzene rings is 1. The lowest BCUT2D eigenvalue weighted by Crippen LogP contribution is -2.25. The lowest BCUT2D eigenvalue weighted by atomic mass is 10.1. The minimum Gasteiger partial charge on any atom is -0.497 e. The molecule has 0 atom stereocenters. The van der Waals surface area contributed by atoms with Crippen LogP contribution in [0, 0.1) is 0 Å². The van der Waals surface area contributed by atoms with Crippen molar-refractivity contribution in [2.24, 2.45) is 0 Å². The van der Waals surface area contributed by atoms with Crippen molar-refractivity contribution in [3.05, 3.63) is 39.9 Å². The Labute approximate surface area is 138 Å². The first-order chi connectivity index (χ1) is 11.0. The van der Waals surface area contributed by atoms with E-state index in [-0.39, 0.29) is 5.43 Å². The predicted molar refractivity (Wildman–Crippen MR) is 95.8 cm³/mol. The zero-order chi connectivity index (χ0) is 16.6. The molecule has 0 amide bonds. The molecular weight excluding hydrogens is 310 g/mol. The number of nitrogens with one attached hydrogen (secondary N) is 1. The van der Waals surface area contributed by atoms with Crippen LogP contribution in [0.15, 0.2) is 34.4 Å². The summed E-state index contributed by atoms with van der Waals surface area (Å²) < 4.78 is 5.23. The van der Waals surface area contributed by atoms with E-state index in [0.29, 0.717) is 17.2 Å². The molecule has 6 heteroatoms. The topological polar surface area (TPSA) is 58.2 Å². The summed E-state index contributed by atoms with van der Waals surface area (Å²) in [6.07, 6.45) is 0. The van der Waals surface area contributed by atoms with Crippen LogP contribution < -0.4 is 15.1 Å². The van der Waals surface area contributed by atoms with E-state index in [0.717, 1.165) is 22.0 Å². The molecule has 2 heterocycles. The van der Waals surface area contributed by atoms with Crippen molar-refractivity contribution in [2.45, 2.75) is 19.9 Å². The summed E-state index contributed by atoms with van der Waals surface area (Å²) in [5.41, 5.74) is 2.22. The number of rotatable bonds is 4. The Balaban J connectivity index is 2.08. The zero-order valence-electron chi connectivity index (χ0n) is 13.6. The molecule has 0 unspecified atom stereocenters. The number of pyridine rings is 1. The SMILES string of the molecule is COc1ccc2c(=O)cc(-c3csc(N(C)C(C)C)n3)[nH]c2c1. The van der Waals surface area contributed by atoms with Crippen LogP contribution >= 0.6 is 11.3 Å². The first-order valence-electron chi connectivity index (χ1n) is 7.39. The number of H-pyrrole nitrogens is 1. The van der Waals surface area contributed by atoms with Gasteiger partial charge in [-0.15, -0.1) is 11.3 Å². The lowest BCUT2D eigenvalue weighted by Gasteiger charge is -2.19. The number of thiazole rings is 1. The average Bonchev–Trinajstić information content (AvgIpc) is 3.03. The Morgan fingerprint density at radius 1 is 1.30 bits per heavy atom. The van der Waals surface area contributed by atoms with Gasteiger partial charge in [-0.2, -0.15) is 0 Å². The summed E-state index contributed by atoms with van der Waals surface area (Å²) in [6, 6.07) is 7.36. The van der Waals surface area contributed by atoms with Gasteiger partial charge in [-0.1, -0.05) is 0 Å². The van der Waals surface area contributed by atoms with Gasteiger partial charge < -0.3 is 14.6 Å². The van der Waals surface area contributed by atoms with Crippen LogP contribution in [0.25, 0.3) is 22.3 Å². The Morgan fingerprint density at radius 3 is 2.78 bits per heavy atom. The van der Waals surface area contributed by atoms with Crippen molar-refractivity contribution in [2.75, 3.05) is 19.1 Å². The molecule has 0 spiro atoms. The first kappa shape index (κ1) is 15.6. The number of aromatic nitrogens is 2. The van der Waals surface area contributed by atoms with Crippen LogP contribution in [0.2, 0.25) is 0 Å². The second-order valence-electron chi connectivity index (χ2n) is 5.68. The van der Waals surface area contributed by atoms with Gasteiger partial charge in [-0.25, -0.2) is 4.98 Å². The highest BCUT2D eigenvalue weighted by molar-refractivity contribution is 7.14. The Hall–Kier alpha value is -2.34. The molecule has 0 aliphatic rings. The van der Waals surface area contributed by atoms with Gasteiger partial charge in [0.2, 0.25) is 0 Å². The molecule has 0 saturated heterocycles. The van der Waals surface area contributed by atoms with Crippen molar-refractivity contribution in [3.8, 4) is 17.1 Å². The van der Waals surface area contributed by atoms with Crippen LogP contribution in [0.4, 0.5) is 5.13 Å². The van der Waals surface area contributed by atoms with Gasteiger partial charge >= 0.3 is 0 Å². The summed E-state index contributed by atoms with van der Waals surface area (Å²) in [7, 11) is 3.62. The lowest BCUT2D eigenvalue weighted by molar-refractivity contribution is 0.415. The summed E-state index contributed by atoms with van der Waals surface area (Å²) in [4.78, 5) is 22.4. The minimum absolute atomic E-state index is 0.0248. The summed E-state index contributed by atoms with van der Waals surface area (Å²) >= 11 is 1.57. The first-order valence-corrected chi connectivity index (χ1v) is 8.27. The molecule has 2 aromatic heterocycles. The number of fused-ring (bicyclic) bond motifs is 1. The van der Waals surface area contributed by atoms with E-state index in [2.05, 4.69) is 28.7 Å². The smallest absolute Gasteiger partial charge is 0.190 e. The van der Waals surface area contributed by atoms with Gasteiger partial charge in [-0.05, 0) is 26.0 Å². The highest BCUT2D eigenvalue weighted by Crippen LogP contribution is 2.27. The molecule has 1 N–H and O–H groups in total. The van der Waals surface area contributed by atoms with Gasteiger partial charge in [-0.3, -0.25) is 4.79 Å². The van der Waals surface area contributed by atoms with Crippen LogP contribution in [0.3, 0.4) is 0 Å². The molecular formula is C17H19N3O2S. The van der Waals surface area contributed by atoms with E-state index in [1.165, 1.54) is 0 Å². The highest BCUT2D eigenvalue weighted by Gasteiger charge is 2.12. The molecule has 0 bridgehead atoms. The number of nitrogens with zero attached hydrogens (tertiary/aromatic N) is 2. The molecule has 0 fully saturated rings. The van der Waals surface area contributed by atoms with Crippen molar-refractivity contribution < 1.29 is 4.74 Å². The van der Waals surface area contributed by atoms with Crippen LogP contribution in [0.5, 0.6) is 5.75 Å². The van der Waals surface area contributed by atoms with Gasteiger partial charge in [0.05, 0.1) is 24.0 Å². The maximum absolute atomic E-state index is 12.3. The van der Waals surface area contributed by atoms with Crippen molar-refractivity contribution in [1.82, 2.24) is 9.97 Å². The number of anilines is 1. The third kappa shape index (κ3) is 2.94. The zero-order valence-corrected chi connectivity index (χ0v) is 14.4. The Morgan fingerprint density at radius 2 is 2.09 bits per heavy atom. The van der Waals surface area contributed by atoms with E-state index in [4.69, 9.17) is 4.74 Å². The largest absolute Gasteiger partial charge is 0.497 e. The molecule has 0 radical (unpaired) electrons. The van der Waals surface area contributed by atoms with E-state index in [9.17, 15) is 4.79 Å². The van der Waals surface area contributed by atoms with Crippen LogP contribution in [-0.2, 0) is 0 Å². The molecule has 5 nitrogen and oxygen atoms in total. The third-order valence-electron chi connectivity index (χ3n) is 3.88. The van der Waals surface area contributed by atoms with Crippen LogP contribution in [-0.4, -0.2) is 30.2 Å².